The Bertz CT molecular complexity index is 494. The summed E-state index contributed by atoms with van der Waals surface area (Å²) < 4.78 is 2.23. The van der Waals surface area contributed by atoms with Gasteiger partial charge in [-0.25, -0.2) is 4.98 Å². The van der Waals surface area contributed by atoms with E-state index in [-0.39, 0.29) is 5.54 Å². The maximum absolute atomic E-state index is 4.43. The second kappa shape index (κ2) is 6.02. The summed E-state index contributed by atoms with van der Waals surface area (Å²) in [5.41, 5.74) is 1.49. The number of rotatable bonds is 5. The van der Waals surface area contributed by atoms with Crippen LogP contribution in [0.25, 0.3) is 0 Å². The Labute approximate surface area is 115 Å². The van der Waals surface area contributed by atoms with E-state index in [9.17, 15) is 0 Å². The number of nitrogens with one attached hydrogen (secondary N) is 1. The van der Waals surface area contributed by atoms with Crippen molar-refractivity contribution >= 4 is 0 Å². The van der Waals surface area contributed by atoms with E-state index in [0.29, 0.717) is 0 Å². The third kappa shape index (κ3) is 4.52. The molecule has 1 aromatic carbocycles. The summed E-state index contributed by atoms with van der Waals surface area (Å²) >= 11 is 0. The molecule has 0 radical (unpaired) electrons. The fourth-order valence-electron chi connectivity index (χ4n) is 1.95. The zero-order valence-electron chi connectivity index (χ0n) is 12.1. The summed E-state index contributed by atoms with van der Waals surface area (Å²) in [6.45, 7) is 8.30. The van der Waals surface area contributed by atoms with Gasteiger partial charge < -0.3 is 9.88 Å². The Kier molecular flexibility index (Phi) is 4.38. The monoisotopic (exact) mass is 257 g/mol. The highest BCUT2D eigenvalue weighted by Crippen LogP contribution is 2.06. The predicted molar refractivity (Wildman–Crippen MR) is 79.0 cm³/mol. The van der Waals surface area contributed by atoms with E-state index < -0.39 is 0 Å². The SMILES string of the molecule is CC(C)(C)NCc1nccn1CCc1ccccc1. The summed E-state index contributed by atoms with van der Waals surface area (Å²) in [6.07, 6.45) is 4.98. The Balaban J connectivity index is 1.92. The van der Waals surface area contributed by atoms with Crippen LogP contribution in [-0.4, -0.2) is 15.1 Å². The van der Waals surface area contributed by atoms with Gasteiger partial charge in [0, 0.05) is 24.5 Å². The Hall–Kier alpha value is -1.61. The smallest absolute Gasteiger partial charge is 0.122 e. The van der Waals surface area contributed by atoms with Crippen LogP contribution in [-0.2, 0) is 19.5 Å². The van der Waals surface area contributed by atoms with Crippen molar-refractivity contribution in [1.82, 2.24) is 14.9 Å². The van der Waals surface area contributed by atoms with Crippen LogP contribution in [0.3, 0.4) is 0 Å². The molecule has 1 N–H and O–H groups in total. The first-order valence-corrected chi connectivity index (χ1v) is 6.83. The van der Waals surface area contributed by atoms with E-state index in [1.807, 2.05) is 6.20 Å². The molecule has 2 aromatic rings. The van der Waals surface area contributed by atoms with Crippen LogP contribution in [0.2, 0.25) is 0 Å². The van der Waals surface area contributed by atoms with E-state index >= 15 is 0 Å². The van der Waals surface area contributed by atoms with Gasteiger partial charge in [-0.2, -0.15) is 0 Å². The van der Waals surface area contributed by atoms with E-state index in [1.165, 1.54) is 5.56 Å². The van der Waals surface area contributed by atoms with E-state index in [1.54, 1.807) is 0 Å². The molecule has 0 fully saturated rings. The molecule has 19 heavy (non-hydrogen) atoms. The van der Waals surface area contributed by atoms with Crippen LogP contribution in [0.1, 0.15) is 32.2 Å². The summed E-state index contributed by atoms with van der Waals surface area (Å²) in [4.78, 5) is 4.43. The van der Waals surface area contributed by atoms with Crippen LogP contribution < -0.4 is 5.32 Å². The minimum Gasteiger partial charge on any atom is -0.334 e. The van der Waals surface area contributed by atoms with E-state index in [4.69, 9.17) is 0 Å². The summed E-state index contributed by atoms with van der Waals surface area (Å²) in [7, 11) is 0. The molecule has 0 amide bonds. The lowest BCUT2D eigenvalue weighted by Crippen LogP contribution is -2.36. The fourth-order valence-corrected chi connectivity index (χ4v) is 1.95. The quantitative estimate of drug-likeness (QED) is 0.892. The van der Waals surface area contributed by atoms with Crippen LogP contribution in [0.5, 0.6) is 0 Å². The average molecular weight is 257 g/mol. The van der Waals surface area contributed by atoms with Gasteiger partial charge in [0.05, 0.1) is 6.54 Å². The molecule has 1 aromatic heterocycles. The standard InChI is InChI=1S/C16H23N3/c1-16(2,3)18-13-15-17-10-12-19(15)11-9-14-7-5-4-6-8-14/h4-8,10,12,18H,9,11,13H2,1-3H3. The maximum atomic E-state index is 4.43. The van der Waals surface area contributed by atoms with Gasteiger partial charge in [0.25, 0.3) is 0 Å². The molecular formula is C16H23N3. The highest BCUT2D eigenvalue weighted by molar-refractivity contribution is 5.14. The number of benzene rings is 1. The molecule has 2 rings (SSSR count). The average Bonchev–Trinajstić information content (AvgIpc) is 2.82. The van der Waals surface area contributed by atoms with Gasteiger partial charge >= 0.3 is 0 Å². The molecule has 0 spiro atoms. The van der Waals surface area contributed by atoms with Crippen molar-refractivity contribution in [3.05, 3.63) is 54.1 Å². The molecule has 1 heterocycles. The van der Waals surface area contributed by atoms with E-state index in [0.717, 1.165) is 25.3 Å². The van der Waals surface area contributed by atoms with Gasteiger partial charge in [-0.1, -0.05) is 30.3 Å². The predicted octanol–water partition coefficient (Wildman–Crippen LogP) is 3.01. The number of aromatic nitrogens is 2. The van der Waals surface area contributed by atoms with Gasteiger partial charge in [-0.3, -0.25) is 0 Å². The van der Waals surface area contributed by atoms with Crippen molar-refractivity contribution in [3.8, 4) is 0 Å². The number of imidazole rings is 1. The Morgan fingerprint density at radius 1 is 1.16 bits per heavy atom. The molecule has 0 atom stereocenters. The first kappa shape index (κ1) is 13.8. The van der Waals surface area contributed by atoms with Crippen molar-refractivity contribution in [2.24, 2.45) is 0 Å². The number of hydrogen-bond acceptors (Lipinski definition) is 2. The van der Waals surface area contributed by atoms with Crippen molar-refractivity contribution in [2.45, 2.75) is 45.8 Å². The zero-order valence-corrected chi connectivity index (χ0v) is 12.1. The van der Waals surface area contributed by atoms with Gasteiger partial charge in [0.2, 0.25) is 0 Å². The van der Waals surface area contributed by atoms with Crippen LogP contribution in [0.4, 0.5) is 0 Å². The molecule has 0 aliphatic rings. The van der Waals surface area contributed by atoms with Gasteiger partial charge in [0.15, 0.2) is 0 Å². The normalized spacial score (nSPS) is 11.7. The third-order valence-electron chi connectivity index (χ3n) is 3.06. The van der Waals surface area contributed by atoms with Gasteiger partial charge in [-0.15, -0.1) is 0 Å². The lowest BCUT2D eigenvalue weighted by atomic mass is 10.1. The lowest BCUT2D eigenvalue weighted by Gasteiger charge is -2.20. The van der Waals surface area contributed by atoms with Crippen molar-refractivity contribution in [2.75, 3.05) is 0 Å². The molecule has 3 nitrogen and oxygen atoms in total. The fraction of sp³-hybridized carbons (Fsp3) is 0.438. The van der Waals surface area contributed by atoms with Gasteiger partial charge in [-0.05, 0) is 32.8 Å². The van der Waals surface area contributed by atoms with Crippen LogP contribution in [0, 0.1) is 0 Å². The zero-order chi connectivity index (χ0) is 13.7. The molecule has 0 saturated heterocycles. The van der Waals surface area contributed by atoms with Crippen molar-refractivity contribution in [1.29, 1.82) is 0 Å². The van der Waals surface area contributed by atoms with Gasteiger partial charge in [0.1, 0.15) is 5.82 Å². The number of hydrogen-bond donors (Lipinski definition) is 1. The Morgan fingerprint density at radius 2 is 1.89 bits per heavy atom. The van der Waals surface area contributed by atoms with Crippen molar-refractivity contribution < 1.29 is 0 Å². The topological polar surface area (TPSA) is 29.9 Å². The minimum absolute atomic E-state index is 0.121. The lowest BCUT2D eigenvalue weighted by molar-refractivity contribution is 0.411. The minimum atomic E-state index is 0.121. The second-order valence-electron chi connectivity index (χ2n) is 5.88. The molecule has 0 aliphatic heterocycles. The highest BCUT2D eigenvalue weighted by Gasteiger charge is 2.10. The molecule has 3 heteroatoms. The molecule has 0 aliphatic carbocycles. The summed E-state index contributed by atoms with van der Waals surface area (Å²) in [5, 5.41) is 3.48. The first-order valence-electron chi connectivity index (χ1n) is 6.83. The molecule has 0 saturated carbocycles. The molecule has 102 valence electrons. The van der Waals surface area contributed by atoms with Crippen LogP contribution >= 0.6 is 0 Å². The third-order valence-corrected chi connectivity index (χ3v) is 3.06. The van der Waals surface area contributed by atoms with Crippen LogP contribution in [0.15, 0.2) is 42.7 Å². The maximum Gasteiger partial charge on any atom is 0.122 e. The van der Waals surface area contributed by atoms with E-state index in [2.05, 4.69) is 72.2 Å². The first-order chi connectivity index (χ1) is 9.04. The van der Waals surface area contributed by atoms with Crippen molar-refractivity contribution in [3.63, 3.8) is 0 Å². The highest BCUT2D eigenvalue weighted by atomic mass is 15.1. The molecular weight excluding hydrogens is 234 g/mol. The summed E-state index contributed by atoms with van der Waals surface area (Å²) in [6, 6.07) is 10.6. The number of aryl methyl sites for hydroxylation is 2. The second-order valence-corrected chi connectivity index (χ2v) is 5.88. The summed E-state index contributed by atoms with van der Waals surface area (Å²) in [5.74, 6) is 1.10. The number of nitrogens with zero attached hydrogens (tertiary/aromatic N) is 2. The Morgan fingerprint density at radius 3 is 2.58 bits per heavy atom. The molecule has 0 unspecified atom stereocenters. The largest absolute Gasteiger partial charge is 0.334 e. The molecule has 0 bridgehead atoms.